The maximum atomic E-state index is 5.75. The van der Waals surface area contributed by atoms with Crippen molar-refractivity contribution in [3.63, 3.8) is 0 Å². The minimum absolute atomic E-state index is 0.389. The Balaban J connectivity index is 2.04. The molecule has 0 aromatic rings. The lowest BCUT2D eigenvalue weighted by molar-refractivity contribution is -0.0541. The molecule has 3 heteroatoms. The molecule has 0 radical (unpaired) electrons. The Morgan fingerprint density at radius 2 is 2.00 bits per heavy atom. The zero-order chi connectivity index (χ0) is 15.5. The van der Waals surface area contributed by atoms with Gasteiger partial charge in [-0.05, 0) is 50.5 Å². The normalized spacial score (nSPS) is 35.9. The zero-order valence-electron chi connectivity index (χ0n) is 14.8. The van der Waals surface area contributed by atoms with Gasteiger partial charge in [0.25, 0.3) is 0 Å². The topological polar surface area (TPSA) is 24.5 Å². The summed E-state index contributed by atoms with van der Waals surface area (Å²) < 4.78 is 5.75. The number of ether oxygens (including phenoxy) is 1. The van der Waals surface area contributed by atoms with Crippen LogP contribution in [0, 0.1) is 11.3 Å². The van der Waals surface area contributed by atoms with Crippen molar-refractivity contribution >= 4 is 0 Å². The van der Waals surface area contributed by atoms with Gasteiger partial charge in [0.1, 0.15) is 0 Å². The van der Waals surface area contributed by atoms with Gasteiger partial charge in [0.2, 0.25) is 0 Å². The van der Waals surface area contributed by atoms with Crippen LogP contribution in [0.1, 0.15) is 60.3 Å². The van der Waals surface area contributed by atoms with Crippen LogP contribution in [0.3, 0.4) is 0 Å². The SMILES string of the molecule is CCCNC1CCC(C(C)(C)C)CC1N1CCOC(C)C1. The molecule has 4 unspecified atom stereocenters. The van der Waals surface area contributed by atoms with Gasteiger partial charge >= 0.3 is 0 Å². The third kappa shape index (κ3) is 4.67. The molecule has 1 N–H and O–H groups in total. The lowest BCUT2D eigenvalue weighted by Crippen LogP contribution is -2.58. The molecule has 0 aromatic heterocycles. The van der Waals surface area contributed by atoms with Gasteiger partial charge in [0, 0.05) is 25.2 Å². The van der Waals surface area contributed by atoms with E-state index >= 15 is 0 Å². The molecule has 2 fully saturated rings. The average Bonchev–Trinajstić information content (AvgIpc) is 2.44. The molecule has 2 aliphatic rings. The second kappa shape index (κ2) is 7.43. The number of rotatable bonds is 4. The Bertz CT molecular complexity index is 313. The van der Waals surface area contributed by atoms with Crippen LogP contribution in [0.15, 0.2) is 0 Å². The first-order valence-electron chi connectivity index (χ1n) is 9.00. The monoisotopic (exact) mass is 296 g/mol. The average molecular weight is 296 g/mol. The fourth-order valence-corrected chi connectivity index (χ4v) is 4.05. The van der Waals surface area contributed by atoms with Crippen LogP contribution in [0.4, 0.5) is 0 Å². The summed E-state index contributed by atoms with van der Waals surface area (Å²) in [6.07, 6.45) is 5.67. The number of hydrogen-bond acceptors (Lipinski definition) is 3. The summed E-state index contributed by atoms with van der Waals surface area (Å²) >= 11 is 0. The van der Waals surface area contributed by atoms with Gasteiger partial charge in [0.15, 0.2) is 0 Å². The van der Waals surface area contributed by atoms with Crippen molar-refractivity contribution < 1.29 is 4.74 Å². The molecule has 0 amide bonds. The molecule has 4 atom stereocenters. The Labute approximate surface area is 131 Å². The van der Waals surface area contributed by atoms with Crippen molar-refractivity contribution in [3.05, 3.63) is 0 Å². The highest BCUT2D eigenvalue weighted by Gasteiger charge is 2.39. The molecule has 0 bridgehead atoms. The fourth-order valence-electron chi connectivity index (χ4n) is 4.05. The van der Waals surface area contributed by atoms with Crippen molar-refractivity contribution in [2.45, 2.75) is 78.5 Å². The summed E-state index contributed by atoms with van der Waals surface area (Å²) in [5, 5.41) is 3.82. The minimum Gasteiger partial charge on any atom is -0.376 e. The van der Waals surface area contributed by atoms with Crippen LogP contribution in [-0.4, -0.2) is 49.3 Å². The van der Waals surface area contributed by atoms with E-state index in [-0.39, 0.29) is 0 Å². The van der Waals surface area contributed by atoms with Gasteiger partial charge in [-0.15, -0.1) is 0 Å². The van der Waals surface area contributed by atoms with Crippen LogP contribution in [0.5, 0.6) is 0 Å². The van der Waals surface area contributed by atoms with Crippen LogP contribution >= 0.6 is 0 Å². The van der Waals surface area contributed by atoms with E-state index in [9.17, 15) is 0 Å². The van der Waals surface area contributed by atoms with E-state index in [1.165, 1.54) is 25.7 Å². The molecule has 2 rings (SSSR count). The zero-order valence-corrected chi connectivity index (χ0v) is 14.8. The highest BCUT2D eigenvalue weighted by atomic mass is 16.5. The van der Waals surface area contributed by atoms with E-state index < -0.39 is 0 Å². The highest BCUT2D eigenvalue weighted by molar-refractivity contribution is 4.95. The van der Waals surface area contributed by atoms with Crippen molar-refractivity contribution in [3.8, 4) is 0 Å². The van der Waals surface area contributed by atoms with E-state index in [4.69, 9.17) is 4.74 Å². The molecule has 21 heavy (non-hydrogen) atoms. The summed E-state index contributed by atoms with van der Waals surface area (Å²) in [6.45, 7) is 16.0. The van der Waals surface area contributed by atoms with E-state index in [2.05, 4.69) is 44.8 Å². The molecular formula is C18H36N2O. The van der Waals surface area contributed by atoms with Crippen molar-refractivity contribution in [2.24, 2.45) is 11.3 Å². The smallest absolute Gasteiger partial charge is 0.0674 e. The van der Waals surface area contributed by atoms with E-state index in [1.54, 1.807) is 0 Å². The second-order valence-electron chi connectivity index (χ2n) is 8.18. The van der Waals surface area contributed by atoms with Crippen molar-refractivity contribution in [1.82, 2.24) is 10.2 Å². The van der Waals surface area contributed by atoms with Crippen LogP contribution in [0.25, 0.3) is 0 Å². The first-order chi connectivity index (χ1) is 9.91. The Morgan fingerprint density at radius 1 is 1.24 bits per heavy atom. The third-order valence-electron chi connectivity index (χ3n) is 5.44. The molecule has 3 nitrogen and oxygen atoms in total. The summed E-state index contributed by atoms with van der Waals surface area (Å²) in [6, 6.07) is 1.37. The maximum Gasteiger partial charge on any atom is 0.0674 e. The lowest BCUT2D eigenvalue weighted by Gasteiger charge is -2.48. The largest absolute Gasteiger partial charge is 0.376 e. The Morgan fingerprint density at radius 3 is 2.62 bits per heavy atom. The lowest BCUT2D eigenvalue weighted by atomic mass is 9.69. The molecular weight excluding hydrogens is 260 g/mol. The number of nitrogens with zero attached hydrogens (tertiary/aromatic N) is 1. The van der Waals surface area contributed by atoms with E-state index in [0.29, 0.717) is 23.6 Å². The number of hydrogen-bond donors (Lipinski definition) is 1. The van der Waals surface area contributed by atoms with Crippen molar-refractivity contribution in [2.75, 3.05) is 26.2 Å². The summed E-state index contributed by atoms with van der Waals surface area (Å²) in [5.41, 5.74) is 0.436. The number of nitrogens with one attached hydrogen (secondary N) is 1. The first-order valence-corrected chi connectivity index (χ1v) is 9.00. The van der Waals surface area contributed by atoms with E-state index in [0.717, 1.165) is 32.2 Å². The summed E-state index contributed by atoms with van der Waals surface area (Å²) in [4.78, 5) is 2.71. The number of morpholine rings is 1. The quantitative estimate of drug-likeness (QED) is 0.861. The van der Waals surface area contributed by atoms with Crippen LogP contribution in [-0.2, 0) is 4.74 Å². The summed E-state index contributed by atoms with van der Waals surface area (Å²) in [5.74, 6) is 0.848. The maximum absolute atomic E-state index is 5.75. The molecule has 124 valence electrons. The molecule has 0 aromatic carbocycles. The molecule has 1 heterocycles. The van der Waals surface area contributed by atoms with Gasteiger partial charge in [-0.1, -0.05) is 27.7 Å². The third-order valence-corrected chi connectivity index (χ3v) is 5.44. The predicted octanol–water partition coefficient (Wildman–Crippen LogP) is 3.29. The molecule has 0 spiro atoms. The standard InChI is InChI=1S/C18H36N2O/c1-6-9-19-16-8-7-15(18(3,4)5)12-17(16)20-10-11-21-14(2)13-20/h14-17,19H,6-13H2,1-5H3. The van der Waals surface area contributed by atoms with Gasteiger partial charge in [0.05, 0.1) is 12.7 Å². The second-order valence-corrected chi connectivity index (χ2v) is 8.18. The van der Waals surface area contributed by atoms with Crippen molar-refractivity contribution in [1.29, 1.82) is 0 Å². The highest BCUT2D eigenvalue weighted by Crippen LogP contribution is 2.39. The summed E-state index contributed by atoms with van der Waals surface area (Å²) in [7, 11) is 0. The van der Waals surface area contributed by atoms with Crippen LogP contribution < -0.4 is 5.32 Å². The van der Waals surface area contributed by atoms with Gasteiger partial charge in [-0.25, -0.2) is 0 Å². The van der Waals surface area contributed by atoms with Gasteiger partial charge < -0.3 is 10.1 Å². The predicted molar refractivity (Wildman–Crippen MR) is 89.7 cm³/mol. The minimum atomic E-state index is 0.389. The fraction of sp³-hybridized carbons (Fsp3) is 1.00. The molecule has 1 aliphatic carbocycles. The molecule has 1 aliphatic heterocycles. The Hall–Kier alpha value is -0.120. The van der Waals surface area contributed by atoms with Gasteiger partial charge in [-0.2, -0.15) is 0 Å². The molecule has 1 saturated heterocycles. The Kier molecular flexibility index (Phi) is 6.10. The molecule has 1 saturated carbocycles. The van der Waals surface area contributed by atoms with Gasteiger partial charge in [-0.3, -0.25) is 4.90 Å². The first kappa shape index (κ1) is 17.2. The van der Waals surface area contributed by atoms with E-state index in [1.807, 2.05) is 0 Å². The van der Waals surface area contributed by atoms with Crippen LogP contribution in [0.2, 0.25) is 0 Å².